The molecule has 2 aromatic rings. The van der Waals surface area contributed by atoms with Gasteiger partial charge in [0.1, 0.15) is 5.60 Å². The molecular formula is C15H17Cl2NOS2. The fourth-order valence-corrected chi connectivity index (χ4v) is 4.76. The standard InChI is InChI=1S/C15H17Cl2NOS2/c1-14(2,3)15(19,13-7-18-9-21-13)8-20-12-5-4-10(16)6-11(12)17/h4-7,9,19H,8H2,1-3H3. The summed E-state index contributed by atoms with van der Waals surface area (Å²) < 4.78 is 0. The van der Waals surface area contributed by atoms with Gasteiger partial charge in [0.25, 0.3) is 0 Å². The fraction of sp³-hybridized carbons (Fsp3) is 0.400. The smallest absolute Gasteiger partial charge is 0.114 e. The second-order valence-corrected chi connectivity index (χ2v) is 8.59. The first-order valence-electron chi connectivity index (χ1n) is 6.43. The van der Waals surface area contributed by atoms with Crippen molar-refractivity contribution in [2.45, 2.75) is 31.3 Å². The molecule has 6 heteroatoms. The maximum absolute atomic E-state index is 11.2. The van der Waals surface area contributed by atoms with E-state index in [1.165, 1.54) is 23.1 Å². The highest BCUT2D eigenvalue weighted by atomic mass is 35.5. The summed E-state index contributed by atoms with van der Waals surface area (Å²) in [5.41, 5.74) is 0.458. The Bertz CT molecular complexity index is 611. The average molecular weight is 362 g/mol. The summed E-state index contributed by atoms with van der Waals surface area (Å²) in [4.78, 5) is 5.87. The summed E-state index contributed by atoms with van der Waals surface area (Å²) in [6, 6.07) is 5.40. The normalized spacial score (nSPS) is 15.0. The second-order valence-electron chi connectivity index (χ2n) is 5.84. The zero-order chi connectivity index (χ0) is 15.7. The number of aliphatic hydroxyl groups is 1. The summed E-state index contributed by atoms with van der Waals surface area (Å²) in [5, 5.41) is 12.4. The minimum absolute atomic E-state index is 0.314. The minimum Gasteiger partial charge on any atom is -0.383 e. The van der Waals surface area contributed by atoms with Crippen LogP contribution in [0.25, 0.3) is 0 Å². The van der Waals surface area contributed by atoms with Gasteiger partial charge in [-0.05, 0) is 23.6 Å². The Labute approximate surface area is 143 Å². The zero-order valence-corrected chi connectivity index (χ0v) is 15.2. The van der Waals surface area contributed by atoms with Gasteiger partial charge in [-0.15, -0.1) is 23.1 Å². The van der Waals surface area contributed by atoms with Gasteiger partial charge in [-0.3, -0.25) is 4.98 Å². The van der Waals surface area contributed by atoms with Crippen molar-refractivity contribution in [2.75, 3.05) is 5.75 Å². The number of hydrogen-bond donors (Lipinski definition) is 1. The molecule has 0 saturated carbocycles. The van der Waals surface area contributed by atoms with E-state index >= 15 is 0 Å². The van der Waals surface area contributed by atoms with Gasteiger partial charge in [0.05, 0.1) is 15.4 Å². The van der Waals surface area contributed by atoms with Gasteiger partial charge >= 0.3 is 0 Å². The molecule has 21 heavy (non-hydrogen) atoms. The lowest BCUT2D eigenvalue weighted by molar-refractivity contribution is -0.0392. The van der Waals surface area contributed by atoms with E-state index in [9.17, 15) is 5.11 Å². The van der Waals surface area contributed by atoms with Crippen LogP contribution >= 0.6 is 46.3 Å². The third kappa shape index (κ3) is 3.74. The van der Waals surface area contributed by atoms with E-state index in [1.807, 2.05) is 26.8 Å². The lowest BCUT2D eigenvalue weighted by atomic mass is 9.77. The summed E-state index contributed by atoms with van der Waals surface area (Å²) in [6.07, 6.45) is 1.74. The van der Waals surface area contributed by atoms with Crippen LogP contribution in [-0.4, -0.2) is 15.8 Å². The zero-order valence-electron chi connectivity index (χ0n) is 12.1. The Kier molecular flexibility index (Phi) is 5.27. The van der Waals surface area contributed by atoms with E-state index in [1.54, 1.807) is 23.8 Å². The van der Waals surface area contributed by atoms with Crippen molar-refractivity contribution >= 4 is 46.3 Å². The fourth-order valence-electron chi connectivity index (χ4n) is 1.85. The van der Waals surface area contributed by atoms with Crippen molar-refractivity contribution in [3.63, 3.8) is 0 Å². The molecule has 1 aromatic carbocycles. The van der Waals surface area contributed by atoms with Crippen molar-refractivity contribution in [3.8, 4) is 0 Å². The predicted octanol–water partition coefficient (Wildman–Crippen LogP) is 5.48. The van der Waals surface area contributed by atoms with E-state index in [0.29, 0.717) is 15.8 Å². The molecule has 0 aliphatic rings. The Morgan fingerprint density at radius 1 is 1.29 bits per heavy atom. The number of benzene rings is 1. The van der Waals surface area contributed by atoms with Crippen molar-refractivity contribution in [3.05, 3.63) is 44.8 Å². The number of rotatable bonds is 4. The molecule has 0 spiro atoms. The summed E-state index contributed by atoms with van der Waals surface area (Å²) >= 11 is 15.1. The van der Waals surface area contributed by atoms with Crippen LogP contribution in [0.4, 0.5) is 0 Å². The molecule has 0 saturated heterocycles. The van der Waals surface area contributed by atoms with E-state index in [2.05, 4.69) is 4.98 Å². The van der Waals surface area contributed by atoms with Crippen molar-refractivity contribution in [1.82, 2.24) is 4.98 Å². The van der Waals surface area contributed by atoms with Crippen LogP contribution in [0.5, 0.6) is 0 Å². The van der Waals surface area contributed by atoms with E-state index < -0.39 is 5.60 Å². The second kappa shape index (κ2) is 6.47. The molecular weight excluding hydrogens is 345 g/mol. The van der Waals surface area contributed by atoms with Crippen LogP contribution in [0.3, 0.4) is 0 Å². The quantitative estimate of drug-likeness (QED) is 0.732. The van der Waals surface area contributed by atoms with Crippen LogP contribution in [0, 0.1) is 5.41 Å². The molecule has 1 heterocycles. The minimum atomic E-state index is -0.970. The lowest BCUT2D eigenvalue weighted by Gasteiger charge is -2.39. The molecule has 0 amide bonds. The van der Waals surface area contributed by atoms with Crippen LogP contribution in [-0.2, 0) is 5.60 Å². The van der Waals surface area contributed by atoms with Gasteiger partial charge in [-0.25, -0.2) is 0 Å². The number of thioether (sulfide) groups is 1. The molecule has 2 nitrogen and oxygen atoms in total. The molecule has 1 atom stereocenters. The van der Waals surface area contributed by atoms with E-state index in [-0.39, 0.29) is 5.41 Å². The number of thiazole rings is 1. The van der Waals surface area contributed by atoms with Gasteiger partial charge in [0.2, 0.25) is 0 Å². The van der Waals surface area contributed by atoms with Crippen molar-refractivity contribution < 1.29 is 5.11 Å². The van der Waals surface area contributed by atoms with Crippen LogP contribution < -0.4 is 0 Å². The lowest BCUT2D eigenvalue weighted by Crippen LogP contribution is -2.41. The van der Waals surface area contributed by atoms with Gasteiger partial charge in [-0.2, -0.15) is 0 Å². The Morgan fingerprint density at radius 2 is 2.00 bits per heavy atom. The first-order chi connectivity index (χ1) is 9.74. The summed E-state index contributed by atoms with van der Waals surface area (Å²) in [6.45, 7) is 6.07. The highest BCUT2D eigenvalue weighted by molar-refractivity contribution is 7.99. The average Bonchev–Trinajstić information content (AvgIpc) is 2.90. The van der Waals surface area contributed by atoms with Gasteiger partial charge in [-0.1, -0.05) is 44.0 Å². The molecule has 1 unspecified atom stereocenters. The topological polar surface area (TPSA) is 33.1 Å². The maximum Gasteiger partial charge on any atom is 0.114 e. The predicted molar refractivity (Wildman–Crippen MR) is 92.7 cm³/mol. The van der Waals surface area contributed by atoms with Crippen molar-refractivity contribution in [2.24, 2.45) is 5.41 Å². The largest absolute Gasteiger partial charge is 0.383 e. The molecule has 0 aliphatic carbocycles. The molecule has 0 bridgehead atoms. The van der Waals surface area contributed by atoms with Gasteiger partial charge < -0.3 is 5.11 Å². The molecule has 1 N–H and O–H groups in total. The number of aromatic nitrogens is 1. The highest BCUT2D eigenvalue weighted by Crippen LogP contribution is 2.45. The van der Waals surface area contributed by atoms with Gasteiger partial charge in [0.15, 0.2) is 0 Å². The van der Waals surface area contributed by atoms with Gasteiger partial charge in [0, 0.05) is 21.9 Å². The SMILES string of the molecule is CC(C)(C)C(O)(CSc1ccc(Cl)cc1Cl)c1cncs1. The monoisotopic (exact) mass is 361 g/mol. The number of nitrogens with zero attached hydrogens (tertiary/aromatic N) is 1. The van der Waals surface area contributed by atoms with Crippen molar-refractivity contribution in [1.29, 1.82) is 0 Å². The van der Waals surface area contributed by atoms with Crippen LogP contribution in [0.1, 0.15) is 25.6 Å². The van der Waals surface area contributed by atoms with Crippen LogP contribution in [0.2, 0.25) is 10.0 Å². The van der Waals surface area contributed by atoms with E-state index in [4.69, 9.17) is 23.2 Å². The summed E-state index contributed by atoms with van der Waals surface area (Å²) in [7, 11) is 0. The highest BCUT2D eigenvalue weighted by Gasteiger charge is 2.43. The molecule has 0 fully saturated rings. The molecule has 0 aliphatic heterocycles. The number of hydrogen-bond acceptors (Lipinski definition) is 4. The Hall–Kier alpha value is -0.260. The third-order valence-electron chi connectivity index (χ3n) is 3.41. The van der Waals surface area contributed by atoms with Crippen LogP contribution in [0.15, 0.2) is 34.8 Å². The number of halogens is 2. The Balaban J connectivity index is 2.25. The third-order valence-corrected chi connectivity index (χ3v) is 6.22. The summed E-state index contributed by atoms with van der Waals surface area (Å²) in [5.74, 6) is 0.500. The first-order valence-corrected chi connectivity index (χ1v) is 9.05. The molecule has 1 aromatic heterocycles. The molecule has 2 rings (SSSR count). The van der Waals surface area contributed by atoms with E-state index in [0.717, 1.165) is 9.77 Å². The maximum atomic E-state index is 11.2. The Morgan fingerprint density at radius 3 is 2.52 bits per heavy atom. The molecule has 114 valence electrons. The first kappa shape index (κ1) is 17.1. The molecule has 0 radical (unpaired) electrons.